The van der Waals surface area contributed by atoms with Gasteiger partial charge in [-0.2, -0.15) is 10.2 Å². The number of pyridine rings is 1. The van der Waals surface area contributed by atoms with Crippen molar-refractivity contribution in [3.8, 4) is 28.4 Å². The van der Waals surface area contributed by atoms with Gasteiger partial charge in [0.25, 0.3) is 5.91 Å². The van der Waals surface area contributed by atoms with Gasteiger partial charge in [0.2, 0.25) is 0 Å². The van der Waals surface area contributed by atoms with Gasteiger partial charge in [0.1, 0.15) is 23.8 Å². The number of methoxy groups -OCH3 is 2. The average Bonchev–Trinajstić information content (AvgIpc) is 3.81. The molecule has 2 aliphatic heterocycles. The highest BCUT2D eigenvalue weighted by atomic mass is 16.5. The number of ether oxygens (including phenoxy) is 3. The third kappa shape index (κ3) is 4.92. The summed E-state index contributed by atoms with van der Waals surface area (Å²) < 4.78 is 19.9. The van der Waals surface area contributed by atoms with Crippen LogP contribution in [0.3, 0.4) is 0 Å². The van der Waals surface area contributed by atoms with E-state index in [9.17, 15) is 9.59 Å². The van der Waals surface area contributed by atoms with Gasteiger partial charge in [-0.1, -0.05) is 0 Å². The SMILES string of the molecule is COC(=O)[C@@H]1CCN(CCNC(=O)c2nn(-c3cc4c(cc3OC)NCCO4)c3cc(-c4cnn5cccnc45)ncc23)C1. The molecular weight excluding hydrogens is 566 g/mol. The van der Waals surface area contributed by atoms with Crippen molar-refractivity contribution in [1.82, 2.24) is 39.6 Å². The summed E-state index contributed by atoms with van der Waals surface area (Å²) in [7, 11) is 3.00. The molecule has 0 spiro atoms. The van der Waals surface area contributed by atoms with Crippen molar-refractivity contribution in [3.63, 3.8) is 0 Å². The zero-order valence-corrected chi connectivity index (χ0v) is 24.3. The number of rotatable bonds is 8. The molecular formula is C30H31N9O5. The first-order valence-corrected chi connectivity index (χ1v) is 14.4. The van der Waals surface area contributed by atoms with Crippen LogP contribution in [0, 0.1) is 5.92 Å². The lowest BCUT2D eigenvalue weighted by atomic mass is 10.1. The van der Waals surface area contributed by atoms with Crippen molar-refractivity contribution in [2.75, 3.05) is 58.9 Å². The van der Waals surface area contributed by atoms with Crippen molar-refractivity contribution in [1.29, 1.82) is 0 Å². The van der Waals surface area contributed by atoms with Gasteiger partial charge >= 0.3 is 5.97 Å². The molecule has 2 aliphatic rings. The van der Waals surface area contributed by atoms with Crippen molar-refractivity contribution >= 4 is 34.1 Å². The highest BCUT2D eigenvalue weighted by Crippen LogP contribution is 2.38. The number of esters is 1. The highest BCUT2D eigenvalue weighted by molar-refractivity contribution is 6.05. The Morgan fingerprint density at radius 2 is 2.09 bits per heavy atom. The van der Waals surface area contributed by atoms with Crippen LogP contribution in [0.5, 0.6) is 11.5 Å². The number of anilines is 1. The lowest BCUT2D eigenvalue weighted by Crippen LogP contribution is -2.34. The molecule has 1 saturated heterocycles. The molecule has 0 saturated carbocycles. The highest BCUT2D eigenvalue weighted by Gasteiger charge is 2.29. The Hall–Kier alpha value is -5.24. The molecule has 1 amide bonds. The number of nitrogens with zero attached hydrogens (tertiary/aromatic N) is 7. The van der Waals surface area contributed by atoms with E-state index in [4.69, 9.17) is 24.3 Å². The molecule has 44 heavy (non-hydrogen) atoms. The van der Waals surface area contributed by atoms with Crippen LogP contribution in [-0.2, 0) is 9.53 Å². The summed E-state index contributed by atoms with van der Waals surface area (Å²) in [6, 6.07) is 7.41. The maximum absolute atomic E-state index is 13.6. The lowest BCUT2D eigenvalue weighted by molar-refractivity contribution is -0.144. The van der Waals surface area contributed by atoms with Gasteiger partial charge in [-0.3, -0.25) is 14.6 Å². The zero-order valence-electron chi connectivity index (χ0n) is 24.3. The number of benzene rings is 1. The van der Waals surface area contributed by atoms with Gasteiger partial charge in [-0.15, -0.1) is 0 Å². The molecule has 0 bridgehead atoms. The van der Waals surface area contributed by atoms with E-state index in [-0.39, 0.29) is 23.5 Å². The molecule has 14 nitrogen and oxygen atoms in total. The van der Waals surface area contributed by atoms with E-state index >= 15 is 0 Å². The molecule has 1 aromatic carbocycles. The molecule has 4 aromatic heterocycles. The second-order valence-corrected chi connectivity index (χ2v) is 10.7. The van der Waals surface area contributed by atoms with E-state index in [0.29, 0.717) is 72.2 Å². The minimum absolute atomic E-state index is 0.135. The van der Waals surface area contributed by atoms with Crippen molar-refractivity contribution < 1.29 is 23.8 Å². The Labute approximate surface area is 251 Å². The number of likely N-dealkylation sites (tertiary alicyclic amines) is 1. The minimum Gasteiger partial charge on any atom is -0.494 e. The van der Waals surface area contributed by atoms with Crippen LogP contribution in [0.25, 0.3) is 33.5 Å². The van der Waals surface area contributed by atoms with E-state index in [0.717, 1.165) is 24.2 Å². The Kier molecular flexibility index (Phi) is 7.18. The molecule has 226 valence electrons. The molecule has 7 rings (SSSR count). The number of aromatic nitrogens is 6. The second-order valence-electron chi connectivity index (χ2n) is 10.7. The first-order valence-electron chi connectivity index (χ1n) is 14.4. The summed E-state index contributed by atoms with van der Waals surface area (Å²) in [4.78, 5) is 36.8. The van der Waals surface area contributed by atoms with E-state index < -0.39 is 0 Å². The average molecular weight is 598 g/mol. The van der Waals surface area contributed by atoms with Gasteiger partial charge in [0, 0.05) is 56.9 Å². The molecule has 1 fully saturated rings. The van der Waals surface area contributed by atoms with Gasteiger partial charge in [0.05, 0.1) is 54.2 Å². The summed E-state index contributed by atoms with van der Waals surface area (Å²) in [6.07, 6.45) is 7.64. The first-order chi connectivity index (χ1) is 21.5. The number of fused-ring (bicyclic) bond motifs is 3. The Bertz CT molecular complexity index is 1880. The van der Waals surface area contributed by atoms with Crippen molar-refractivity contribution in [3.05, 3.63) is 54.7 Å². The Balaban J connectivity index is 1.25. The first kappa shape index (κ1) is 27.6. The Morgan fingerprint density at radius 1 is 1.18 bits per heavy atom. The van der Waals surface area contributed by atoms with Crippen LogP contribution in [0.15, 0.2) is 49.1 Å². The smallest absolute Gasteiger partial charge is 0.310 e. The molecule has 0 radical (unpaired) electrons. The summed E-state index contributed by atoms with van der Waals surface area (Å²) in [5.74, 6) is 0.561. The topological polar surface area (TPSA) is 150 Å². The summed E-state index contributed by atoms with van der Waals surface area (Å²) in [5, 5.41) is 16.1. The third-order valence-corrected chi connectivity index (χ3v) is 8.04. The van der Waals surface area contributed by atoms with E-state index in [1.54, 1.807) is 41.0 Å². The summed E-state index contributed by atoms with van der Waals surface area (Å²) in [6.45, 7) is 3.59. The van der Waals surface area contributed by atoms with Gasteiger partial charge in [0.15, 0.2) is 11.3 Å². The van der Waals surface area contributed by atoms with Crippen LogP contribution in [0.4, 0.5) is 5.69 Å². The Morgan fingerprint density at radius 3 is 2.95 bits per heavy atom. The van der Waals surface area contributed by atoms with E-state index in [1.807, 2.05) is 24.4 Å². The standard InChI is InChI=1S/C30H31N9O5/c1-42-26-13-22-25(44-11-7-31-22)14-24(26)39-23-12-21(19-16-35-38-8-3-5-32-28(19)38)34-15-20(23)27(36-39)29(40)33-6-10-37-9-4-18(17-37)30(41)43-2/h3,5,8,12-16,18,31H,4,6-7,9-11,17H2,1-2H3,(H,33,40)/t18-/m1/s1. The number of amides is 1. The largest absolute Gasteiger partial charge is 0.494 e. The predicted molar refractivity (Wildman–Crippen MR) is 160 cm³/mol. The predicted octanol–water partition coefficient (Wildman–Crippen LogP) is 2.17. The van der Waals surface area contributed by atoms with Gasteiger partial charge < -0.3 is 29.7 Å². The van der Waals surface area contributed by atoms with Crippen LogP contribution in [0.1, 0.15) is 16.9 Å². The number of carbonyl (C=O) groups is 2. The quantitative estimate of drug-likeness (QED) is 0.253. The fraction of sp³-hybridized carbons (Fsp3) is 0.333. The number of hydrogen-bond donors (Lipinski definition) is 2. The normalized spacial score (nSPS) is 16.4. The summed E-state index contributed by atoms with van der Waals surface area (Å²) >= 11 is 0. The fourth-order valence-electron chi connectivity index (χ4n) is 5.81. The van der Waals surface area contributed by atoms with Gasteiger partial charge in [-0.25, -0.2) is 14.2 Å². The van der Waals surface area contributed by atoms with Crippen LogP contribution in [0.2, 0.25) is 0 Å². The van der Waals surface area contributed by atoms with Gasteiger partial charge in [-0.05, 0) is 25.1 Å². The molecule has 14 heteroatoms. The lowest BCUT2D eigenvalue weighted by Gasteiger charge is -2.21. The third-order valence-electron chi connectivity index (χ3n) is 8.04. The number of nitrogens with one attached hydrogen (secondary N) is 2. The maximum Gasteiger partial charge on any atom is 0.310 e. The van der Waals surface area contributed by atoms with Crippen molar-refractivity contribution in [2.24, 2.45) is 5.92 Å². The van der Waals surface area contributed by atoms with Crippen LogP contribution in [-0.4, -0.2) is 99.7 Å². The zero-order chi connectivity index (χ0) is 30.2. The fourth-order valence-corrected chi connectivity index (χ4v) is 5.81. The number of carbonyl (C=O) groups excluding carboxylic acids is 2. The number of hydrogen-bond acceptors (Lipinski definition) is 11. The maximum atomic E-state index is 13.6. The van der Waals surface area contributed by atoms with Crippen LogP contribution >= 0.6 is 0 Å². The molecule has 1 atom stereocenters. The summed E-state index contributed by atoms with van der Waals surface area (Å²) in [5.41, 5.74) is 4.34. The molecule has 5 aromatic rings. The molecule has 6 heterocycles. The minimum atomic E-state index is -0.334. The molecule has 0 aliphatic carbocycles. The monoisotopic (exact) mass is 597 g/mol. The second kappa shape index (κ2) is 11.4. The van der Waals surface area contributed by atoms with Crippen molar-refractivity contribution in [2.45, 2.75) is 6.42 Å². The molecule has 2 N–H and O–H groups in total. The molecule has 0 unspecified atom stereocenters. The van der Waals surface area contributed by atoms with E-state index in [2.05, 4.69) is 25.6 Å². The van der Waals surface area contributed by atoms with E-state index in [1.165, 1.54) is 7.11 Å². The van der Waals surface area contributed by atoms with Crippen LogP contribution < -0.4 is 20.1 Å².